The van der Waals surface area contributed by atoms with Gasteiger partial charge < -0.3 is 5.32 Å². The van der Waals surface area contributed by atoms with Gasteiger partial charge in [-0.1, -0.05) is 39.7 Å². The van der Waals surface area contributed by atoms with E-state index < -0.39 is 0 Å². The van der Waals surface area contributed by atoms with Crippen molar-refractivity contribution < 1.29 is 4.39 Å². The Balaban J connectivity index is 2.16. The zero-order valence-corrected chi connectivity index (χ0v) is 13.1. The van der Waals surface area contributed by atoms with E-state index in [9.17, 15) is 4.39 Å². The number of hydrogen-bond acceptors (Lipinski definition) is 1. The first kappa shape index (κ1) is 13.8. The van der Waals surface area contributed by atoms with E-state index in [0.717, 1.165) is 10.0 Å². The molecule has 2 aromatic carbocycles. The number of anilines is 1. The first-order valence-corrected chi connectivity index (χ1v) is 7.15. The van der Waals surface area contributed by atoms with Crippen LogP contribution in [0.15, 0.2) is 45.3 Å². The lowest BCUT2D eigenvalue weighted by molar-refractivity contribution is 0.627. The van der Waals surface area contributed by atoms with Gasteiger partial charge >= 0.3 is 0 Å². The molecule has 0 aliphatic rings. The van der Waals surface area contributed by atoms with Gasteiger partial charge in [0.25, 0.3) is 0 Å². The molecule has 0 bridgehead atoms. The van der Waals surface area contributed by atoms with E-state index in [1.54, 1.807) is 0 Å². The lowest BCUT2D eigenvalue weighted by atomic mass is 10.2. The number of hydrogen-bond donors (Lipinski definition) is 1. The molecule has 2 aromatic rings. The monoisotopic (exact) mass is 391 g/mol. The number of benzene rings is 2. The van der Waals surface area contributed by atoms with Crippen molar-refractivity contribution in [2.75, 3.05) is 5.32 Å². The smallest absolute Gasteiger partial charge is 0.125 e. The Morgan fingerprint density at radius 2 is 1.94 bits per heavy atom. The highest BCUT2D eigenvalue weighted by molar-refractivity contribution is 9.10. The third-order valence-electron chi connectivity index (χ3n) is 2.37. The second-order valence-electron chi connectivity index (χ2n) is 3.73. The molecule has 0 aliphatic carbocycles. The van der Waals surface area contributed by atoms with Crippen LogP contribution in [0.25, 0.3) is 0 Å². The fraction of sp³-hybridized carbons (Fsp3) is 0.0769. The zero-order chi connectivity index (χ0) is 13.1. The van der Waals surface area contributed by atoms with Crippen LogP contribution in [0.5, 0.6) is 0 Å². The van der Waals surface area contributed by atoms with Gasteiger partial charge in [-0.3, -0.25) is 0 Å². The third-order valence-corrected chi connectivity index (χ3v) is 3.78. The Bertz CT molecular complexity index is 552. The van der Waals surface area contributed by atoms with E-state index in [-0.39, 0.29) is 5.82 Å². The normalized spacial score (nSPS) is 10.4. The summed E-state index contributed by atoms with van der Waals surface area (Å²) in [5, 5.41) is 3.54. The highest BCUT2D eigenvalue weighted by atomic mass is 79.9. The predicted octanol–water partition coefficient (Wildman–Crippen LogP) is 5.62. The minimum atomic E-state index is -0.361. The van der Waals surface area contributed by atoms with Gasteiger partial charge in [-0.05, 0) is 45.8 Å². The van der Waals surface area contributed by atoms with Crippen molar-refractivity contribution in [3.63, 3.8) is 0 Å². The van der Waals surface area contributed by atoms with Crippen LogP contribution in [0.1, 0.15) is 5.56 Å². The molecule has 1 nitrogen and oxygen atoms in total. The summed E-state index contributed by atoms with van der Waals surface area (Å²) in [4.78, 5) is 0. The molecule has 2 rings (SSSR count). The lowest BCUT2D eigenvalue weighted by Gasteiger charge is -2.11. The molecule has 0 aromatic heterocycles. The number of halogens is 4. The quantitative estimate of drug-likeness (QED) is 0.714. The number of nitrogens with one attached hydrogen (secondary N) is 1. The molecule has 0 atom stereocenters. The van der Waals surface area contributed by atoms with Gasteiger partial charge in [-0.15, -0.1) is 0 Å². The Kier molecular flexibility index (Phi) is 4.65. The fourth-order valence-electron chi connectivity index (χ4n) is 1.55. The van der Waals surface area contributed by atoms with E-state index in [2.05, 4.69) is 37.2 Å². The molecule has 0 aliphatic heterocycles. The van der Waals surface area contributed by atoms with Crippen molar-refractivity contribution in [3.05, 3.63) is 61.7 Å². The van der Waals surface area contributed by atoms with Crippen molar-refractivity contribution in [2.24, 2.45) is 0 Å². The van der Waals surface area contributed by atoms with Gasteiger partial charge in [0.2, 0.25) is 0 Å². The minimum Gasteiger partial charge on any atom is -0.379 e. The predicted molar refractivity (Wildman–Crippen MR) is 80.6 cm³/mol. The second kappa shape index (κ2) is 6.04. The Morgan fingerprint density at radius 3 is 2.61 bits per heavy atom. The maximum absolute atomic E-state index is 13.1. The van der Waals surface area contributed by atoms with Crippen molar-refractivity contribution in [1.29, 1.82) is 0 Å². The molecule has 0 radical (unpaired) electrons. The summed E-state index contributed by atoms with van der Waals surface area (Å²) >= 11 is 12.7. The molecule has 0 amide bonds. The van der Waals surface area contributed by atoms with Crippen LogP contribution in [0, 0.1) is 5.82 Å². The molecule has 0 spiro atoms. The van der Waals surface area contributed by atoms with Crippen molar-refractivity contribution in [1.82, 2.24) is 0 Å². The first-order valence-electron chi connectivity index (χ1n) is 5.19. The van der Waals surface area contributed by atoms with Crippen molar-refractivity contribution in [3.8, 4) is 0 Å². The highest BCUT2D eigenvalue weighted by Gasteiger charge is 2.07. The van der Waals surface area contributed by atoms with Crippen LogP contribution >= 0.6 is 43.5 Å². The van der Waals surface area contributed by atoms with Crippen LogP contribution in [-0.2, 0) is 6.54 Å². The summed E-state index contributed by atoms with van der Waals surface area (Å²) in [5.74, 6) is -0.361. The van der Waals surface area contributed by atoms with Gasteiger partial charge in [0.15, 0.2) is 0 Å². The van der Waals surface area contributed by atoms with E-state index in [1.165, 1.54) is 12.1 Å². The van der Waals surface area contributed by atoms with Gasteiger partial charge in [-0.25, -0.2) is 4.39 Å². The van der Waals surface area contributed by atoms with Crippen LogP contribution in [0.4, 0.5) is 10.1 Å². The van der Waals surface area contributed by atoms with Crippen LogP contribution in [0.3, 0.4) is 0 Å². The standard InChI is InChI=1S/C13H9Br2ClFN/c14-9-3-1-2-8(4-9)7-18-13-11(15)5-10(17)6-12(13)16/h1-6,18H,7H2. The summed E-state index contributed by atoms with van der Waals surface area (Å²) in [6.45, 7) is 0.614. The van der Waals surface area contributed by atoms with E-state index >= 15 is 0 Å². The summed E-state index contributed by atoms with van der Waals surface area (Å²) in [6.07, 6.45) is 0. The molecular formula is C13H9Br2ClFN. The van der Waals surface area contributed by atoms with Crippen molar-refractivity contribution in [2.45, 2.75) is 6.54 Å². The largest absolute Gasteiger partial charge is 0.379 e. The molecule has 0 heterocycles. The summed E-state index contributed by atoms with van der Waals surface area (Å²) in [5.41, 5.74) is 1.80. The van der Waals surface area contributed by atoms with Gasteiger partial charge in [-0.2, -0.15) is 0 Å². The molecule has 0 unspecified atom stereocenters. The summed E-state index contributed by atoms with van der Waals surface area (Å²) < 4.78 is 14.7. The molecule has 94 valence electrons. The molecule has 0 saturated heterocycles. The lowest BCUT2D eigenvalue weighted by Crippen LogP contribution is -2.01. The molecule has 0 saturated carbocycles. The van der Waals surface area contributed by atoms with Crippen molar-refractivity contribution >= 4 is 49.1 Å². The molecule has 5 heteroatoms. The molecule has 18 heavy (non-hydrogen) atoms. The van der Waals surface area contributed by atoms with E-state index in [1.807, 2.05) is 24.3 Å². The maximum atomic E-state index is 13.1. The SMILES string of the molecule is Fc1cc(Cl)c(NCc2cccc(Br)c2)c(Br)c1. The average Bonchev–Trinajstić information content (AvgIpc) is 2.27. The van der Waals surface area contributed by atoms with E-state index in [0.29, 0.717) is 21.7 Å². The Labute approximate surface area is 127 Å². The van der Waals surface area contributed by atoms with Gasteiger partial charge in [0, 0.05) is 15.5 Å². The van der Waals surface area contributed by atoms with Gasteiger partial charge in [0.1, 0.15) is 5.82 Å². The topological polar surface area (TPSA) is 12.0 Å². The van der Waals surface area contributed by atoms with Crippen LogP contribution in [-0.4, -0.2) is 0 Å². The van der Waals surface area contributed by atoms with Gasteiger partial charge in [0.05, 0.1) is 10.7 Å². The maximum Gasteiger partial charge on any atom is 0.125 e. The fourth-order valence-corrected chi connectivity index (χ4v) is 2.95. The third kappa shape index (κ3) is 3.46. The first-order chi connectivity index (χ1) is 8.56. The summed E-state index contributed by atoms with van der Waals surface area (Å²) in [6, 6.07) is 10.6. The van der Waals surface area contributed by atoms with E-state index in [4.69, 9.17) is 11.6 Å². The Hall–Kier alpha value is -0.580. The van der Waals surface area contributed by atoms with Crippen LogP contribution in [0.2, 0.25) is 5.02 Å². The Morgan fingerprint density at radius 1 is 1.17 bits per heavy atom. The molecular weight excluding hydrogens is 384 g/mol. The number of rotatable bonds is 3. The highest BCUT2D eigenvalue weighted by Crippen LogP contribution is 2.32. The molecule has 0 fully saturated rings. The average molecular weight is 393 g/mol. The van der Waals surface area contributed by atoms with Crippen LogP contribution < -0.4 is 5.32 Å². The molecule has 1 N–H and O–H groups in total. The summed E-state index contributed by atoms with van der Waals surface area (Å²) in [7, 11) is 0. The zero-order valence-electron chi connectivity index (χ0n) is 9.18. The second-order valence-corrected chi connectivity index (χ2v) is 5.91. The minimum absolute atomic E-state index is 0.358.